The number of para-hydroxylation sites is 1. The maximum atomic E-state index is 14.1. The summed E-state index contributed by atoms with van der Waals surface area (Å²) in [5.74, 6) is 0.620. The van der Waals surface area contributed by atoms with E-state index in [1.807, 2.05) is 12.3 Å². The SMILES string of the molecule is OC1CCC(Nc2nc(Nc3ccccc3F)ncc2-c2ccc(CN3CCCC3)cn2)CC1. The number of rotatable bonds is 7. The van der Waals surface area contributed by atoms with Gasteiger partial charge in [-0.2, -0.15) is 4.98 Å². The molecule has 3 aromatic rings. The Kier molecular flexibility index (Phi) is 6.97. The highest BCUT2D eigenvalue weighted by Crippen LogP contribution is 2.30. The molecule has 0 amide bonds. The van der Waals surface area contributed by atoms with Crippen molar-refractivity contribution >= 4 is 17.5 Å². The third-order valence-electron chi connectivity index (χ3n) is 6.65. The minimum atomic E-state index is -0.360. The molecule has 0 unspecified atom stereocenters. The highest BCUT2D eigenvalue weighted by Gasteiger charge is 2.22. The van der Waals surface area contributed by atoms with Crippen LogP contribution in [0.1, 0.15) is 44.1 Å². The molecule has 7 nitrogen and oxygen atoms in total. The summed E-state index contributed by atoms with van der Waals surface area (Å²) in [4.78, 5) is 16.3. The van der Waals surface area contributed by atoms with E-state index in [1.165, 1.54) is 24.5 Å². The van der Waals surface area contributed by atoms with E-state index in [1.54, 1.807) is 24.4 Å². The summed E-state index contributed by atoms with van der Waals surface area (Å²) in [6.45, 7) is 3.22. The van der Waals surface area contributed by atoms with Crippen LogP contribution in [0.4, 0.5) is 21.8 Å². The van der Waals surface area contributed by atoms with Gasteiger partial charge in [0.15, 0.2) is 0 Å². The van der Waals surface area contributed by atoms with Gasteiger partial charge in [-0.3, -0.25) is 9.88 Å². The molecule has 0 spiro atoms. The fraction of sp³-hybridized carbons (Fsp3) is 0.423. The van der Waals surface area contributed by atoms with Crippen LogP contribution in [-0.4, -0.2) is 50.2 Å². The predicted molar refractivity (Wildman–Crippen MR) is 131 cm³/mol. The quantitative estimate of drug-likeness (QED) is 0.468. The zero-order valence-corrected chi connectivity index (χ0v) is 19.3. The second kappa shape index (κ2) is 10.4. The van der Waals surface area contributed by atoms with Crippen LogP contribution < -0.4 is 10.6 Å². The molecule has 1 saturated carbocycles. The highest BCUT2D eigenvalue weighted by molar-refractivity contribution is 5.73. The van der Waals surface area contributed by atoms with Gasteiger partial charge in [-0.25, -0.2) is 9.37 Å². The molecule has 3 N–H and O–H groups in total. The van der Waals surface area contributed by atoms with Crippen molar-refractivity contribution in [1.29, 1.82) is 0 Å². The van der Waals surface area contributed by atoms with Crippen LogP contribution in [0.15, 0.2) is 48.8 Å². The number of nitrogens with zero attached hydrogens (tertiary/aromatic N) is 4. The number of hydrogen-bond donors (Lipinski definition) is 3. The van der Waals surface area contributed by atoms with Crippen molar-refractivity contribution in [3.63, 3.8) is 0 Å². The van der Waals surface area contributed by atoms with E-state index in [4.69, 9.17) is 9.97 Å². The minimum absolute atomic E-state index is 0.202. The first-order valence-electron chi connectivity index (χ1n) is 12.1. The van der Waals surface area contributed by atoms with Crippen molar-refractivity contribution in [2.75, 3.05) is 23.7 Å². The molecular formula is C26H31FN6O. The molecule has 1 aliphatic carbocycles. The van der Waals surface area contributed by atoms with Crippen molar-refractivity contribution < 1.29 is 9.50 Å². The third-order valence-corrected chi connectivity index (χ3v) is 6.65. The largest absolute Gasteiger partial charge is 0.393 e. The van der Waals surface area contributed by atoms with Crippen molar-refractivity contribution in [1.82, 2.24) is 19.9 Å². The van der Waals surface area contributed by atoms with E-state index in [9.17, 15) is 9.50 Å². The van der Waals surface area contributed by atoms with Gasteiger partial charge in [-0.05, 0) is 75.4 Å². The summed E-state index contributed by atoms with van der Waals surface area (Å²) >= 11 is 0. The van der Waals surface area contributed by atoms with Gasteiger partial charge in [0.2, 0.25) is 5.95 Å². The van der Waals surface area contributed by atoms with Crippen molar-refractivity contribution in [2.24, 2.45) is 0 Å². The van der Waals surface area contributed by atoms with E-state index < -0.39 is 0 Å². The Hall–Kier alpha value is -3.10. The average molecular weight is 463 g/mol. The number of aliphatic hydroxyl groups excluding tert-OH is 1. The lowest BCUT2D eigenvalue weighted by atomic mass is 9.93. The van der Waals surface area contributed by atoms with Crippen LogP contribution in [0.2, 0.25) is 0 Å². The van der Waals surface area contributed by atoms with Gasteiger partial charge in [0, 0.05) is 25.0 Å². The number of pyridine rings is 1. The standard InChI is InChI=1S/C26H31FN6O/c27-22-5-1-2-6-24(22)31-26-29-16-21(25(32-26)30-19-8-10-20(34)11-9-19)23-12-7-18(15-28-23)17-33-13-3-4-14-33/h1-2,5-7,12,15-16,19-20,34H,3-4,8-11,13-14,17H2,(H2,29,30,31,32). The molecule has 0 atom stereocenters. The molecule has 1 aliphatic heterocycles. The molecule has 2 aliphatic rings. The first kappa shape index (κ1) is 22.7. The molecule has 34 heavy (non-hydrogen) atoms. The van der Waals surface area contributed by atoms with E-state index in [2.05, 4.69) is 26.6 Å². The summed E-state index contributed by atoms with van der Waals surface area (Å²) in [5, 5.41) is 16.4. The van der Waals surface area contributed by atoms with Crippen LogP contribution in [0.25, 0.3) is 11.3 Å². The van der Waals surface area contributed by atoms with Crippen LogP contribution in [0, 0.1) is 5.82 Å². The molecule has 2 fully saturated rings. The Labute approximate surface area is 199 Å². The molecule has 0 bridgehead atoms. The number of likely N-dealkylation sites (tertiary alicyclic amines) is 1. The van der Waals surface area contributed by atoms with Gasteiger partial charge in [0.1, 0.15) is 11.6 Å². The first-order valence-corrected chi connectivity index (χ1v) is 12.1. The minimum Gasteiger partial charge on any atom is -0.393 e. The molecule has 2 aromatic heterocycles. The normalized spacial score (nSPS) is 20.9. The lowest BCUT2D eigenvalue weighted by Crippen LogP contribution is -2.29. The summed E-state index contributed by atoms with van der Waals surface area (Å²) in [5.41, 5.74) is 3.12. The molecule has 1 aromatic carbocycles. The second-order valence-corrected chi connectivity index (χ2v) is 9.25. The number of aliphatic hydroxyl groups is 1. The number of benzene rings is 1. The smallest absolute Gasteiger partial charge is 0.229 e. The van der Waals surface area contributed by atoms with Crippen LogP contribution in [0.3, 0.4) is 0 Å². The zero-order chi connectivity index (χ0) is 23.3. The molecular weight excluding hydrogens is 431 g/mol. The van der Waals surface area contributed by atoms with E-state index >= 15 is 0 Å². The summed E-state index contributed by atoms with van der Waals surface area (Å²) < 4.78 is 14.1. The van der Waals surface area contributed by atoms with Crippen molar-refractivity contribution in [3.8, 4) is 11.3 Å². The highest BCUT2D eigenvalue weighted by atomic mass is 19.1. The fourth-order valence-electron chi connectivity index (χ4n) is 4.71. The molecule has 0 radical (unpaired) electrons. The summed E-state index contributed by atoms with van der Waals surface area (Å²) in [6, 6.07) is 10.8. The number of nitrogens with one attached hydrogen (secondary N) is 2. The Balaban J connectivity index is 1.39. The fourth-order valence-corrected chi connectivity index (χ4v) is 4.71. The Bertz CT molecular complexity index is 1090. The van der Waals surface area contributed by atoms with Gasteiger partial charge < -0.3 is 15.7 Å². The van der Waals surface area contributed by atoms with Gasteiger partial charge in [-0.15, -0.1) is 0 Å². The lowest BCUT2D eigenvalue weighted by molar-refractivity contribution is 0.126. The zero-order valence-electron chi connectivity index (χ0n) is 19.3. The molecule has 178 valence electrons. The Morgan fingerprint density at radius 3 is 2.50 bits per heavy atom. The maximum Gasteiger partial charge on any atom is 0.229 e. The van der Waals surface area contributed by atoms with E-state index in [0.29, 0.717) is 17.5 Å². The average Bonchev–Trinajstić information content (AvgIpc) is 3.36. The van der Waals surface area contributed by atoms with Crippen LogP contribution in [-0.2, 0) is 6.54 Å². The first-order chi connectivity index (χ1) is 16.6. The molecule has 8 heteroatoms. The van der Waals surface area contributed by atoms with Gasteiger partial charge in [0.25, 0.3) is 0 Å². The van der Waals surface area contributed by atoms with Crippen LogP contribution >= 0.6 is 0 Å². The van der Waals surface area contributed by atoms with Crippen molar-refractivity contribution in [2.45, 2.75) is 57.2 Å². The van der Waals surface area contributed by atoms with E-state index in [-0.39, 0.29) is 18.0 Å². The van der Waals surface area contributed by atoms with E-state index in [0.717, 1.165) is 56.6 Å². The number of anilines is 3. The van der Waals surface area contributed by atoms with Crippen LogP contribution in [0.5, 0.6) is 0 Å². The van der Waals surface area contributed by atoms with Crippen molar-refractivity contribution in [3.05, 3.63) is 60.2 Å². The maximum absolute atomic E-state index is 14.1. The molecule has 5 rings (SSSR count). The number of hydrogen-bond acceptors (Lipinski definition) is 7. The molecule has 1 saturated heterocycles. The summed E-state index contributed by atoms with van der Waals surface area (Å²) in [7, 11) is 0. The lowest BCUT2D eigenvalue weighted by Gasteiger charge is -2.27. The Morgan fingerprint density at radius 1 is 0.971 bits per heavy atom. The third kappa shape index (κ3) is 5.51. The number of halogens is 1. The predicted octanol–water partition coefficient (Wildman–Crippen LogP) is 4.73. The summed E-state index contributed by atoms with van der Waals surface area (Å²) in [6.07, 6.45) is 9.23. The topological polar surface area (TPSA) is 86.2 Å². The van der Waals surface area contributed by atoms with Gasteiger partial charge in [0.05, 0.1) is 23.0 Å². The van der Waals surface area contributed by atoms with Gasteiger partial charge in [-0.1, -0.05) is 18.2 Å². The Morgan fingerprint density at radius 2 is 1.76 bits per heavy atom. The second-order valence-electron chi connectivity index (χ2n) is 9.25. The monoisotopic (exact) mass is 462 g/mol. The number of aromatic nitrogens is 3. The van der Waals surface area contributed by atoms with Gasteiger partial charge >= 0.3 is 0 Å². The molecule has 3 heterocycles.